The van der Waals surface area contributed by atoms with Gasteiger partial charge in [0.1, 0.15) is 5.78 Å². The van der Waals surface area contributed by atoms with Gasteiger partial charge in [-0.3, -0.25) is 14.6 Å². The van der Waals surface area contributed by atoms with Crippen LogP contribution in [0.25, 0.3) is 0 Å². The zero-order valence-corrected chi connectivity index (χ0v) is 8.19. The molecule has 2 rings (SSSR count). The second-order valence-corrected chi connectivity index (χ2v) is 3.89. The first kappa shape index (κ1) is 9.37. The highest BCUT2D eigenvalue weighted by molar-refractivity contribution is 6.01. The average Bonchev–Trinajstić information content (AvgIpc) is 2.62. The molecule has 0 bridgehead atoms. The molecule has 1 amide bonds. The van der Waals surface area contributed by atoms with Crippen LogP contribution in [0.5, 0.6) is 0 Å². The van der Waals surface area contributed by atoms with Gasteiger partial charge in [0.15, 0.2) is 0 Å². The van der Waals surface area contributed by atoms with Crippen molar-refractivity contribution >= 4 is 17.9 Å². The summed E-state index contributed by atoms with van der Waals surface area (Å²) in [5.41, 5.74) is 0. The number of amides is 1. The van der Waals surface area contributed by atoms with E-state index in [1.165, 1.54) is 0 Å². The van der Waals surface area contributed by atoms with Gasteiger partial charge in [-0.1, -0.05) is 0 Å². The lowest BCUT2D eigenvalue weighted by atomic mass is 9.78. The quantitative estimate of drug-likeness (QED) is 0.647. The Labute approximate surface area is 82.8 Å². The lowest BCUT2D eigenvalue weighted by Crippen LogP contribution is -2.40. The molecule has 1 heterocycles. The molecule has 1 saturated carbocycles. The largest absolute Gasteiger partial charge is 0.359 e. The van der Waals surface area contributed by atoms with Gasteiger partial charge in [-0.05, 0) is 12.8 Å². The lowest BCUT2D eigenvalue weighted by Gasteiger charge is -2.25. The van der Waals surface area contributed by atoms with Gasteiger partial charge in [0.2, 0.25) is 5.91 Å². The van der Waals surface area contributed by atoms with E-state index < -0.39 is 0 Å². The van der Waals surface area contributed by atoms with E-state index in [0.717, 1.165) is 12.8 Å². The van der Waals surface area contributed by atoms with Crippen LogP contribution < -0.4 is 5.32 Å². The molecule has 76 valence electrons. The van der Waals surface area contributed by atoms with Crippen LogP contribution in [0.1, 0.15) is 19.3 Å². The minimum Gasteiger partial charge on any atom is -0.359 e. The van der Waals surface area contributed by atoms with Gasteiger partial charge in [-0.2, -0.15) is 0 Å². The standard InChI is InChI=1S/C10H14N2O2/c1-11-10(14)6-5-12-7-3-2-4-8(13)9(6)7/h5-7,9H,2-4H2,1H3,(H,11,14). The second kappa shape index (κ2) is 3.52. The highest BCUT2D eigenvalue weighted by Crippen LogP contribution is 2.33. The average molecular weight is 194 g/mol. The van der Waals surface area contributed by atoms with Crippen molar-refractivity contribution in [1.29, 1.82) is 0 Å². The van der Waals surface area contributed by atoms with E-state index >= 15 is 0 Å². The first-order valence-electron chi connectivity index (χ1n) is 5.01. The van der Waals surface area contributed by atoms with Crippen LogP contribution in [0.3, 0.4) is 0 Å². The third-order valence-corrected chi connectivity index (χ3v) is 3.08. The van der Waals surface area contributed by atoms with Gasteiger partial charge in [-0.25, -0.2) is 0 Å². The predicted octanol–water partition coefficient (Wildman–Crippen LogP) is 0.171. The Morgan fingerprint density at radius 3 is 3.14 bits per heavy atom. The molecule has 1 aliphatic heterocycles. The molecule has 0 radical (unpaired) electrons. The Morgan fingerprint density at radius 1 is 1.64 bits per heavy atom. The second-order valence-electron chi connectivity index (χ2n) is 3.89. The first-order chi connectivity index (χ1) is 6.74. The normalized spacial score (nSPS) is 35.5. The van der Waals surface area contributed by atoms with Crippen molar-refractivity contribution in [2.24, 2.45) is 16.8 Å². The van der Waals surface area contributed by atoms with Crippen molar-refractivity contribution < 1.29 is 9.59 Å². The van der Waals surface area contributed by atoms with Crippen LogP contribution in [0.4, 0.5) is 0 Å². The molecule has 4 heteroatoms. The minimum absolute atomic E-state index is 0.0681. The van der Waals surface area contributed by atoms with Crippen molar-refractivity contribution in [1.82, 2.24) is 5.32 Å². The molecule has 1 N–H and O–H groups in total. The molecule has 2 aliphatic rings. The number of fused-ring (bicyclic) bond motifs is 1. The Kier molecular flexibility index (Phi) is 2.35. The number of ketones is 1. The molecule has 14 heavy (non-hydrogen) atoms. The van der Waals surface area contributed by atoms with E-state index in [0.29, 0.717) is 6.42 Å². The third-order valence-electron chi connectivity index (χ3n) is 3.08. The van der Waals surface area contributed by atoms with Crippen LogP contribution in [0, 0.1) is 11.8 Å². The van der Waals surface area contributed by atoms with Gasteiger partial charge in [0.05, 0.1) is 17.9 Å². The summed E-state index contributed by atoms with van der Waals surface area (Å²) in [4.78, 5) is 27.4. The Morgan fingerprint density at radius 2 is 2.43 bits per heavy atom. The van der Waals surface area contributed by atoms with E-state index in [4.69, 9.17) is 0 Å². The number of rotatable bonds is 1. The topological polar surface area (TPSA) is 58.5 Å². The Balaban J connectivity index is 2.18. The number of aliphatic imine (C=N–C) groups is 1. The van der Waals surface area contributed by atoms with E-state index in [-0.39, 0.29) is 29.6 Å². The number of nitrogens with zero attached hydrogens (tertiary/aromatic N) is 1. The maximum absolute atomic E-state index is 11.6. The molecule has 1 aliphatic carbocycles. The molecule has 0 aromatic carbocycles. The Hall–Kier alpha value is -1.19. The van der Waals surface area contributed by atoms with Crippen molar-refractivity contribution in [2.75, 3.05) is 7.05 Å². The molecule has 4 nitrogen and oxygen atoms in total. The fourth-order valence-corrected chi connectivity index (χ4v) is 2.35. The van der Waals surface area contributed by atoms with Gasteiger partial charge >= 0.3 is 0 Å². The van der Waals surface area contributed by atoms with Gasteiger partial charge in [-0.15, -0.1) is 0 Å². The fraction of sp³-hybridized carbons (Fsp3) is 0.700. The maximum Gasteiger partial charge on any atom is 0.229 e. The third kappa shape index (κ3) is 1.35. The van der Waals surface area contributed by atoms with Crippen LogP contribution in [-0.4, -0.2) is 31.0 Å². The van der Waals surface area contributed by atoms with E-state index in [1.54, 1.807) is 13.3 Å². The number of carbonyl (C=O) groups is 2. The van der Waals surface area contributed by atoms with E-state index in [1.807, 2.05) is 0 Å². The highest BCUT2D eigenvalue weighted by atomic mass is 16.2. The summed E-state index contributed by atoms with van der Waals surface area (Å²) in [6, 6.07) is 0.0681. The molecule has 0 aromatic rings. The van der Waals surface area contributed by atoms with Crippen molar-refractivity contribution in [3.63, 3.8) is 0 Å². The maximum atomic E-state index is 11.6. The van der Waals surface area contributed by atoms with Gasteiger partial charge < -0.3 is 5.32 Å². The molecule has 3 atom stereocenters. The SMILES string of the molecule is CNC(=O)C1C=NC2CCCC(=O)C21. The fourth-order valence-electron chi connectivity index (χ4n) is 2.35. The van der Waals surface area contributed by atoms with Crippen LogP contribution in [-0.2, 0) is 9.59 Å². The summed E-state index contributed by atoms with van der Waals surface area (Å²) in [5.74, 6) is -0.384. The zero-order valence-electron chi connectivity index (χ0n) is 8.19. The van der Waals surface area contributed by atoms with Crippen LogP contribution in [0.2, 0.25) is 0 Å². The number of carbonyl (C=O) groups excluding carboxylic acids is 2. The Bertz CT molecular complexity index is 298. The first-order valence-corrected chi connectivity index (χ1v) is 5.01. The number of Topliss-reactive ketones (excluding diaryl/α,β-unsaturated/α-hetero) is 1. The number of nitrogens with one attached hydrogen (secondary N) is 1. The van der Waals surface area contributed by atoms with Gasteiger partial charge in [0, 0.05) is 19.7 Å². The molecule has 3 unspecified atom stereocenters. The molecule has 0 spiro atoms. The summed E-state index contributed by atoms with van der Waals surface area (Å²) in [6.07, 6.45) is 4.12. The zero-order chi connectivity index (χ0) is 10.1. The van der Waals surface area contributed by atoms with E-state index in [9.17, 15) is 9.59 Å². The predicted molar refractivity (Wildman–Crippen MR) is 52.2 cm³/mol. The summed E-state index contributed by atoms with van der Waals surface area (Å²) < 4.78 is 0. The monoisotopic (exact) mass is 194 g/mol. The molecular formula is C10H14N2O2. The summed E-state index contributed by atoms with van der Waals surface area (Å²) in [5, 5.41) is 2.58. The van der Waals surface area contributed by atoms with Gasteiger partial charge in [0.25, 0.3) is 0 Å². The van der Waals surface area contributed by atoms with E-state index in [2.05, 4.69) is 10.3 Å². The molecule has 1 fully saturated rings. The van der Waals surface area contributed by atoms with Crippen molar-refractivity contribution in [3.05, 3.63) is 0 Å². The highest BCUT2D eigenvalue weighted by Gasteiger charge is 2.43. The van der Waals surface area contributed by atoms with Crippen molar-refractivity contribution in [2.45, 2.75) is 25.3 Å². The molecule has 0 saturated heterocycles. The van der Waals surface area contributed by atoms with Crippen LogP contribution in [0.15, 0.2) is 4.99 Å². The molecule has 0 aromatic heterocycles. The summed E-state index contributed by atoms with van der Waals surface area (Å²) in [6.45, 7) is 0. The van der Waals surface area contributed by atoms with Crippen LogP contribution >= 0.6 is 0 Å². The smallest absolute Gasteiger partial charge is 0.229 e. The number of hydrogen-bond acceptors (Lipinski definition) is 3. The van der Waals surface area contributed by atoms with Crippen molar-refractivity contribution in [3.8, 4) is 0 Å². The lowest BCUT2D eigenvalue weighted by molar-refractivity contribution is -0.132. The minimum atomic E-state index is -0.321. The summed E-state index contributed by atoms with van der Waals surface area (Å²) >= 11 is 0. The summed E-state index contributed by atoms with van der Waals surface area (Å²) in [7, 11) is 1.59. The number of hydrogen-bond donors (Lipinski definition) is 1. The molecular weight excluding hydrogens is 180 g/mol.